The van der Waals surface area contributed by atoms with Gasteiger partial charge in [0.05, 0.1) is 6.10 Å². The summed E-state index contributed by atoms with van der Waals surface area (Å²) >= 11 is 0. The smallest absolute Gasteiger partial charge is 0.0591 e. The van der Waals surface area contributed by atoms with E-state index in [0.717, 1.165) is 30.8 Å². The Morgan fingerprint density at radius 1 is 1.12 bits per heavy atom. The maximum atomic E-state index is 5.82. The van der Waals surface area contributed by atoms with Crippen LogP contribution >= 0.6 is 0 Å². The van der Waals surface area contributed by atoms with Gasteiger partial charge in [0.15, 0.2) is 0 Å². The van der Waals surface area contributed by atoms with Crippen molar-refractivity contribution in [1.29, 1.82) is 0 Å². The van der Waals surface area contributed by atoms with Gasteiger partial charge in [0.1, 0.15) is 0 Å². The van der Waals surface area contributed by atoms with E-state index in [1.165, 1.54) is 19.3 Å². The SMILES string of the molecule is CC1CCC(C(NN)C2CCOC2C)CC1C. The molecule has 1 saturated carbocycles. The summed E-state index contributed by atoms with van der Waals surface area (Å²) < 4.78 is 5.69. The minimum atomic E-state index is 0.366. The summed E-state index contributed by atoms with van der Waals surface area (Å²) in [5, 5.41) is 0. The number of hydrogen-bond donors (Lipinski definition) is 2. The molecule has 0 spiro atoms. The first-order valence-electron chi connectivity index (χ1n) is 7.21. The molecule has 0 aromatic heterocycles. The van der Waals surface area contributed by atoms with Crippen LogP contribution in [-0.4, -0.2) is 18.8 Å². The molecule has 1 aliphatic carbocycles. The van der Waals surface area contributed by atoms with E-state index in [1.807, 2.05) is 0 Å². The summed E-state index contributed by atoms with van der Waals surface area (Å²) in [5.41, 5.74) is 3.10. The van der Waals surface area contributed by atoms with Gasteiger partial charge in [0.2, 0.25) is 0 Å². The molecule has 0 radical (unpaired) electrons. The normalized spacial score (nSPS) is 44.8. The van der Waals surface area contributed by atoms with Crippen molar-refractivity contribution >= 4 is 0 Å². The van der Waals surface area contributed by atoms with Crippen LogP contribution in [0.2, 0.25) is 0 Å². The Hall–Kier alpha value is -0.120. The molecule has 6 unspecified atom stereocenters. The predicted octanol–water partition coefficient (Wildman–Crippen LogP) is 2.32. The van der Waals surface area contributed by atoms with Crippen molar-refractivity contribution in [3.8, 4) is 0 Å². The van der Waals surface area contributed by atoms with Gasteiger partial charge >= 0.3 is 0 Å². The van der Waals surface area contributed by atoms with E-state index in [-0.39, 0.29) is 0 Å². The average Bonchev–Trinajstić information content (AvgIpc) is 2.71. The lowest BCUT2D eigenvalue weighted by molar-refractivity contribution is 0.0720. The van der Waals surface area contributed by atoms with Gasteiger partial charge < -0.3 is 4.74 Å². The van der Waals surface area contributed by atoms with Crippen molar-refractivity contribution in [3.05, 3.63) is 0 Å². The zero-order valence-corrected chi connectivity index (χ0v) is 11.5. The molecule has 1 aliphatic heterocycles. The molecule has 100 valence electrons. The van der Waals surface area contributed by atoms with E-state index in [0.29, 0.717) is 18.1 Å². The molecule has 0 bridgehead atoms. The minimum Gasteiger partial charge on any atom is -0.378 e. The van der Waals surface area contributed by atoms with Gasteiger partial charge in [0.25, 0.3) is 0 Å². The molecule has 2 aliphatic rings. The van der Waals surface area contributed by atoms with Crippen molar-refractivity contribution in [3.63, 3.8) is 0 Å². The average molecular weight is 240 g/mol. The number of hydrogen-bond acceptors (Lipinski definition) is 3. The standard InChI is InChI=1S/C14H28N2O/c1-9-4-5-12(8-10(9)2)14(16-15)13-6-7-17-11(13)3/h9-14,16H,4-8,15H2,1-3H3. The lowest BCUT2D eigenvalue weighted by Gasteiger charge is -2.39. The van der Waals surface area contributed by atoms with Gasteiger partial charge in [-0.05, 0) is 43.9 Å². The van der Waals surface area contributed by atoms with E-state index < -0.39 is 0 Å². The van der Waals surface area contributed by atoms with Gasteiger partial charge in [0, 0.05) is 18.6 Å². The molecule has 3 nitrogen and oxygen atoms in total. The predicted molar refractivity (Wildman–Crippen MR) is 70.3 cm³/mol. The van der Waals surface area contributed by atoms with Gasteiger partial charge in [-0.2, -0.15) is 0 Å². The molecule has 0 amide bonds. The third-order valence-electron chi connectivity index (χ3n) is 5.24. The lowest BCUT2D eigenvalue weighted by Crippen LogP contribution is -2.49. The maximum Gasteiger partial charge on any atom is 0.0591 e. The first kappa shape index (κ1) is 13.3. The number of hydrazine groups is 1. The van der Waals surface area contributed by atoms with Crippen LogP contribution in [0.5, 0.6) is 0 Å². The quantitative estimate of drug-likeness (QED) is 0.588. The van der Waals surface area contributed by atoms with Crippen molar-refractivity contribution in [2.24, 2.45) is 29.5 Å². The number of rotatable bonds is 3. The Labute approximate surface area is 105 Å². The Bertz CT molecular complexity index is 246. The fraction of sp³-hybridized carbons (Fsp3) is 1.00. The van der Waals surface area contributed by atoms with Crippen molar-refractivity contribution in [1.82, 2.24) is 5.43 Å². The molecular formula is C14H28N2O. The minimum absolute atomic E-state index is 0.366. The van der Waals surface area contributed by atoms with Crippen LogP contribution in [0.15, 0.2) is 0 Å². The fourth-order valence-electron chi connectivity index (χ4n) is 3.74. The molecule has 1 heterocycles. The second-order valence-electron chi connectivity index (χ2n) is 6.25. The third-order valence-corrected chi connectivity index (χ3v) is 5.24. The number of ether oxygens (including phenoxy) is 1. The molecule has 0 aromatic carbocycles. The lowest BCUT2D eigenvalue weighted by atomic mass is 9.70. The molecule has 2 fully saturated rings. The molecule has 2 rings (SSSR count). The Morgan fingerprint density at radius 3 is 2.41 bits per heavy atom. The Balaban J connectivity index is 1.98. The molecule has 6 atom stereocenters. The summed E-state index contributed by atoms with van der Waals surface area (Å²) in [7, 11) is 0. The zero-order valence-electron chi connectivity index (χ0n) is 11.5. The second kappa shape index (κ2) is 5.68. The molecule has 3 N–H and O–H groups in total. The van der Waals surface area contributed by atoms with E-state index in [1.54, 1.807) is 0 Å². The van der Waals surface area contributed by atoms with E-state index >= 15 is 0 Å². The van der Waals surface area contributed by atoms with E-state index in [9.17, 15) is 0 Å². The van der Waals surface area contributed by atoms with Crippen LogP contribution < -0.4 is 11.3 Å². The topological polar surface area (TPSA) is 47.3 Å². The second-order valence-corrected chi connectivity index (χ2v) is 6.25. The van der Waals surface area contributed by atoms with E-state index in [2.05, 4.69) is 26.2 Å². The van der Waals surface area contributed by atoms with Gasteiger partial charge in [-0.1, -0.05) is 20.3 Å². The van der Waals surface area contributed by atoms with Crippen LogP contribution in [0.4, 0.5) is 0 Å². The highest BCUT2D eigenvalue weighted by Crippen LogP contribution is 2.39. The Morgan fingerprint density at radius 2 is 1.88 bits per heavy atom. The van der Waals surface area contributed by atoms with E-state index in [4.69, 9.17) is 10.6 Å². The fourth-order valence-corrected chi connectivity index (χ4v) is 3.74. The first-order valence-corrected chi connectivity index (χ1v) is 7.21. The highest BCUT2D eigenvalue weighted by atomic mass is 16.5. The molecule has 1 saturated heterocycles. The van der Waals surface area contributed by atoms with Crippen molar-refractivity contribution in [2.75, 3.05) is 6.61 Å². The maximum absolute atomic E-state index is 5.82. The van der Waals surface area contributed by atoms with Crippen LogP contribution in [-0.2, 0) is 4.74 Å². The first-order chi connectivity index (χ1) is 8.13. The summed E-state index contributed by atoms with van der Waals surface area (Å²) in [6.45, 7) is 7.87. The summed E-state index contributed by atoms with van der Waals surface area (Å²) in [4.78, 5) is 0. The van der Waals surface area contributed by atoms with Crippen LogP contribution in [0.3, 0.4) is 0 Å². The summed E-state index contributed by atoms with van der Waals surface area (Å²) in [6, 6.07) is 0.447. The molecule has 3 heteroatoms. The highest BCUT2D eigenvalue weighted by Gasteiger charge is 2.38. The molecule has 17 heavy (non-hydrogen) atoms. The summed E-state index contributed by atoms with van der Waals surface area (Å²) in [6.07, 6.45) is 5.52. The van der Waals surface area contributed by atoms with Gasteiger partial charge in [-0.25, -0.2) is 0 Å². The number of nitrogens with one attached hydrogen (secondary N) is 1. The van der Waals surface area contributed by atoms with Gasteiger partial charge in [-0.3, -0.25) is 11.3 Å². The van der Waals surface area contributed by atoms with Crippen molar-refractivity contribution < 1.29 is 4.74 Å². The largest absolute Gasteiger partial charge is 0.378 e. The van der Waals surface area contributed by atoms with Crippen LogP contribution in [0, 0.1) is 23.7 Å². The van der Waals surface area contributed by atoms with Crippen molar-refractivity contribution in [2.45, 2.75) is 58.6 Å². The summed E-state index contributed by atoms with van der Waals surface area (Å²) in [5.74, 6) is 8.87. The molecular weight excluding hydrogens is 212 g/mol. The van der Waals surface area contributed by atoms with Crippen LogP contribution in [0.1, 0.15) is 46.5 Å². The third kappa shape index (κ3) is 2.83. The van der Waals surface area contributed by atoms with Crippen LogP contribution in [0.25, 0.3) is 0 Å². The number of nitrogens with two attached hydrogens (primary N) is 1. The Kier molecular flexibility index (Phi) is 4.45. The zero-order chi connectivity index (χ0) is 12.4. The molecule has 0 aromatic rings. The monoisotopic (exact) mass is 240 g/mol. The van der Waals surface area contributed by atoms with Gasteiger partial charge in [-0.15, -0.1) is 0 Å². The highest BCUT2D eigenvalue weighted by molar-refractivity contribution is 4.90.